The van der Waals surface area contributed by atoms with E-state index in [4.69, 9.17) is 4.52 Å². The van der Waals surface area contributed by atoms with Crippen LogP contribution in [0.2, 0.25) is 0 Å². The number of carbonyl (C=O) groups is 1. The third-order valence-corrected chi connectivity index (χ3v) is 5.19. The normalized spacial score (nSPS) is 20.8. The molecule has 6 nitrogen and oxygen atoms in total. The SMILES string of the molecule is Cc1cc(CSc2ncccc2C(=O)NC2CCNCC2C)no1. The summed E-state index contributed by atoms with van der Waals surface area (Å²) in [5, 5.41) is 11.2. The molecule has 0 spiro atoms. The van der Waals surface area contributed by atoms with Gasteiger partial charge in [0.25, 0.3) is 5.91 Å². The molecule has 1 fully saturated rings. The lowest BCUT2D eigenvalue weighted by Crippen LogP contribution is -2.48. The average Bonchev–Trinajstić information content (AvgIpc) is 3.01. The van der Waals surface area contributed by atoms with E-state index in [-0.39, 0.29) is 11.9 Å². The predicted octanol–water partition coefficient (Wildman–Crippen LogP) is 2.40. The van der Waals surface area contributed by atoms with Gasteiger partial charge in [-0.25, -0.2) is 4.98 Å². The lowest BCUT2D eigenvalue weighted by molar-refractivity contribution is 0.0910. The lowest BCUT2D eigenvalue weighted by atomic mass is 9.95. The Labute approximate surface area is 145 Å². The topological polar surface area (TPSA) is 80.0 Å². The highest BCUT2D eigenvalue weighted by atomic mass is 32.2. The summed E-state index contributed by atoms with van der Waals surface area (Å²) in [5.74, 6) is 1.78. The summed E-state index contributed by atoms with van der Waals surface area (Å²) >= 11 is 1.50. The molecule has 3 rings (SSSR count). The number of carbonyl (C=O) groups excluding carboxylic acids is 1. The second-order valence-electron chi connectivity index (χ2n) is 6.12. The molecule has 24 heavy (non-hydrogen) atoms. The number of pyridine rings is 1. The van der Waals surface area contributed by atoms with E-state index in [0.29, 0.717) is 17.2 Å². The van der Waals surface area contributed by atoms with Gasteiger partial charge in [0.2, 0.25) is 0 Å². The molecule has 2 aromatic heterocycles. The van der Waals surface area contributed by atoms with E-state index >= 15 is 0 Å². The first-order chi connectivity index (χ1) is 11.6. The number of hydrogen-bond donors (Lipinski definition) is 2. The highest BCUT2D eigenvalue weighted by Gasteiger charge is 2.24. The zero-order chi connectivity index (χ0) is 16.9. The van der Waals surface area contributed by atoms with Crippen molar-refractivity contribution in [2.24, 2.45) is 5.92 Å². The van der Waals surface area contributed by atoms with Crippen molar-refractivity contribution >= 4 is 17.7 Å². The van der Waals surface area contributed by atoms with E-state index in [9.17, 15) is 4.79 Å². The van der Waals surface area contributed by atoms with Gasteiger partial charge in [0.15, 0.2) is 0 Å². The summed E-state index contributed by atoms with van der Waals surface area (Å²) in [6.07, 6.45) is 2.66. The van der Waals surface area contributed by atoms with Crippen molar-refractivity contribution in [2.75, 3.05) is 13.1 Å². The van der Waals surface area contributed by atoms with Crippen LogP contribution in [0.3, 0.4) is 0 Å². The number of nitrogens with zero attached hydrogens (tertiary/aromatic N) is 2. The largest absolute Gasteiger partial charge is 0.361 e. The minimum absolute atomic E-state index is 0.0549. The van der Waals surface area contributed by atoms with Crippen LogP contribution in [0.4, 0.5) is 0 Å². The molecule has 0 aromatic carbocycles. The third kappa shape index (κ3) is 4.15. The number of aryl methyl sites for hydroxylation is 1. The summed E-state index contributed by atoms with van der Waals surface area (Å²) in [7, 11) is 0. The first-order valence-electron chi connectivity index (χ1n) is 8.15. The first-order valence-corrected chi connectivity index (χ1v) is 9.13. The standard InChI is InChI=1S/C17H22N4O2S/c1-11-9-18-7-5-15(11)20-16(22)14-4-3-6-19-17(14)24-10-13-8-12(2)23-21-13/h3-4,6,8,11,15,18H,5,7,9-10H2,1-2H3,(H,20,22). The molecule has 1 aliphatic heterocycles. The van der Waals surface area contributed by atoms with E-state index in [0.717, 1.165) is 36.0 Å². The molecular formula is C17H22N4O2S. The molecule has 0 saturated carbocycles. The molecule has 3 heterocycles. The van der Waals surface area contributed by atoms with Crippen LogP contribution in [-0.2, 0) is 5.75 Å². The molecule has 2 N–H and O–H groups in total. The smallest absolute Gasteiger partial charge is 0.254 e. The minimum Gasteiger partial charge on any atom is -0.361 e. The number of aromatic nitrogens is 2. The molecule has 0 radical (unpaired) electrons. The fraction of sp³-hybridized carbons (Fsp3) is 0.471. The Morgan fingerprint density at radius 1 is 1.54 bits per heavy atom. The molecule has 2 aromatic rings. The maximum Gasteiger partial charge on any atom is 0.254 e. The van der Waals surface area contributed by atoms with Crippen LogP contribution >= 0.6 is 11.8 Å². The molecule has 7 heteroatoms. The van der Waals surface area contributed by atoms with Gasteiger partial charge in [0.1, 0.15) is 10.8 Å². The van der Waals surface area contributed by atoms with Crippen molar-refractivity contribution in [3.63, 3.8) is 0 Å². The van der Waals surface area contributed by atoms with E-state index in [1.54, 1.807) is 12.3 Å². The molecule has 1 aliphatic rings. The minimum atomic E-state index is -0.0549. The van der Waals surface area contributed by atoms with Crippen LogP contribution in [0, 0.1) is 12.8 Å². The summed E-state index contributed by atoms with van der Waals surface area (Å²) in [5.41, 5.74) is 1.47. The van der Waals surface area contributed by atoms with Crippen LogP contribution in [0.15, 0.2) is 33.9 Å². The van der Waals surface area contributed by atoms with Crippen molar-refractivity contribution < 1.29 is 9.32 Å². The Balaban J connectivity index is 1.67. The molecule has 1 amide bonds. The number of piperidine rings is 1. The van der Waals surface area contributed by atoms with Gasteiger partial charge in [0.05, 0.1) is 11.3 Å². The Morgan fingerprint density at radius 2 is 2.42 bits per heavy atom. The number of thioether (sulfide) groups is 1. The Morgan fingerprint density at radius 3 is 3.17 bits per heavy atom. The van der Waals surface area contributed by atoms with Gasteiger partial charge in [-0.3, -0.25) is 4.79 Å². The summed E-state index contributed by atoms with van der Waals surface area (Å²) in [6.45, 7) is 5.89. The van der Waals surface area contributed by atoms with Crippen molar-refractivity contribution in [1.82, 2.24) is 20.8 Å². The van der Waals surface area contributed by atoms with Crippen molar-refractivity contribution in [3.8, 4) is 0 Å². The van der Waals surface area contributed by atoms with Gasteiger partial charge in [-0.2, -0.15) is 0 Å². The van der Waals surface area contributed by atoms with Crippen molar-refractivity contribution in [3.05, 3.63) is 41.4 Å². The molecule has 2 unspecified atom stereocenters. The van der Waals surface area contributed by atoms with Gasteiger partial charge in [-0.15, -0.1) is 0 Å². The molecule has 128 valence electrons. The zero-order valence-electron chi connectivity index (χ0n) is 13.9. The fourth-order valence-electron chi connectivity index (χ4n) is 2.78. The molecule has 1 saturated heterocycles. The van der Waals surface area contributed by atoms with E-state index in [2.05, 4.69) is 27.7 Å². The van der Waals surface area contributed by atoms with E-state index in [1.807, 2.05) is 19.1 Å². The highest BCUT2D eigenvalue weighted by Crippen LogP contribution is 2.24. The summed E-state index contributed by atoms with van der Waals surface area (Å²) in [4.78, 5) is 17.0. The number of nitrogens with one attached hydrogen (secondary N) is 2. The number of amides is 1. The quantitative estimate of drug-likeness (QED) is 0.809. The maximum absolute atomic E-state index is 12.7. The van der Waals surface area contributed by atoms with Gasteiger partial charge < -0.3 is 15.2 Å². The van der Waals surface area contributed by atoms with Gasteiger partial charge in [0, 0.05) is 24.1 Å². The van der Waals surface area contributed by atoms with Gasteiger partial charge in [-0.05, 0) is 44.5 Å². The van der Waals surface area contributed by atoms with E-state index < -0.39 is 0 Å². The molecule has 2 atom stereocenters. The first kappa shape index (κ1) is 17.0. The highest BCUT2D eigenvalue weighted by molar-refractivity contribution is 7.98. The second kappa shape index (κ2) is 7.81. The van der Waals surface area contributed by atoms with Crippen molar-refractivity contribution in [1.29, 1.82) is 0 Å². The summed E-state index contributed by atoms with van der Waals surface area (Å²) in [6, 6.07) is 5.72. The predicted molar refractivity (Wildman–Crippen MR) is 92.9 cm³/mol. The van der Waals surface area contributed by atoms with Gasteiger partial charge in [-0.1, -0.05) is 23.8 Å². The number of hydrogen-bond acceptors (Lipinski definition) is 6. The van der Waals surface area contributed by atoms with Gasteiger partial charge >= 0.3 is 0 Å². The second-order valence-corrected chi connectivity index (χ2v) is 7.09. The van der Waals surface area contributed by atoms with Crippen LogP contribution in [0.1, 0.15) is 35.2 Å². The van der Waals surface area contributed by atoms with E-state index in [1.165, 1.54) is 11.8 Å². The molecule has 0 aliphatic carbocycles. The van der Waals surface area contributed by atoms with Crippen LogP contribution < -0.4 is 10.6 Å². The Kier molecular flexibility index (Phi) is 5.52. The lowest BCUT2D eigenvalue weighted by Gasteiger charge is -2.30. The van der Waals surface area contributed by atoms with Crippen LogP contribution in [0.25, 0.3) is 0 Å². The Hall–Kier alpha value is -1.86. The van der Waals surface area contributed by atoms with Crippen molar-refractivity contribution in [2.45, 2.75) is 37.1 Å². The maximum atomic E-state index is 12.7. The average molecular weight is 346 g/mol. The summed E-state index contributed by atoms with van der Waals surface area (Å²) < 4.78 is 5.07. The fourth-order valence-corrected chi connectivity index (χ4v) is 3.65. The third-order valence-electron chi connectivity index (χ3n) is 4.15. The van der Waals surface area contributed by atoms with Crippen LogP contribution in [-0.4, -0.2) is 35.2 Å². The number of rotatable bonds is 5. The molecule has 0 bridgehead atoms. The zero-order valence-corrected chi connectivity index (χ0v) is 14.7. The van der Waals surface area contributed by atoms with Crippen LogP contribution in [0.5, 0.6) is 0 Å². The monoisotopic (exact) mass is 346 g/mol. The molecular weight excluding hydrogens is 324 g/mol. The Bertz CT molecular complexity index is 703.